The monoisotopic (exact) mass is 412 g/mol. The number of anilines is 1. The second-order valence-electron chi connectivity index (χ2n) is 7.47. The first-order valence-corrected chi connectivity index (χ1v) is 11.1. The summed E-state index contributed by atoms with van der Waals surface area (Å²) in [4.78, 5) is 6.56. The summed E-state index contributed by atoms with van der Waals surface area (Å²) < 4.78 is 38.7. The molecule has 7 heteroatoms. The van der Waals surface area contributed by atoms with Gasteiger partial charge in [-0.25, -0.2) is 8.42 Å². The Bertz CT molecular complexity index is 1080. The highest BCUT2D eigenvalue weighted by atomic mass is 32.2. The molecule has 1 saturated heterocycles. The fourth-order valence-corrected chi connectivity index (χ4v) is 4.87. The van der Waals surface area contributed by atoms with Crippen LogP contribution >= 0.6 is 0 Å². The number of ether oxygens (including phenoxy) is 1. The van der Waals surface area contributed by atoms with Crippen molar-refractivity contribution in [2.24, 2.45) is 0 Å². The minimum atomic E-state index is -3.85. The summed E-state index contributed by atoms with van der Waals surface area (Å²) in [5.41, 5.74) is 1.72. The number of morpholine rings is 1. The Labute approximate surface area is 171 Å². The van der Waals surface area contributed by atoms with Crippen molar-refractivity contribution in [2.45, 2.75) is 42.9 Å². The molecule has 0 aliphatic carbocycles. The third-order valence-electron chi connectivity index (χ3n) is 4.89. The molecule has 2 heterocycles. The van der Waals surface area contributed by atoms with Crippen molar-refractivity contribution in [2.75, 3.05) is 18.0 Å². The van der Waals surface area contributed by atoms with Crippen molar-refractivity contribution >= 4 is 15.7 Å². The van der Waals surface area contributed by atoms with Crippen LogP contribution in [-0.2, 0) is 14.6 Å². The van der Waals surface area contributed by atoms with E-state index in [1.165, 1.54) is 0 Å². The van der Waals surface area contributed by atoms with Gasteiger partial charge in [0.05, 0.1) is 17.1 Å². The van der Waals surface area contributed by atoms with Crippen molar-refractivity contribution in [1.29, 1.82) is 0 Å². The smallest absolute Gasteiger partial charge is 0.236 e. The van der Waals surface area contributed by atoms with Crippen LogP contribution in [0.5, 0.6) is 0 Å². The van der Waals surface area contributed by atoms with E-state index in [1.807, 2.05) is 56.0 Å². The summed E-state index contributed by atoms with van der Waals surface area (Å²) in [5.74, 6) is 0.560. The zero-order chi connectivity index (χ0) is 20.6. The predicted octanol–water partition coefficient (Wildman–Crippen LogP) is 4.10. The molecule has 0 saturated carbocycles. The zero-order valence-corrected chi connectivity index (χ0v) is 17.5. The largest absolute Gasteiger partial charge is 0.419 e. The van der Waals surface area contributed by atoms with Crippen LogP contribution in [0.4, 0.5) is 5.88 Å². The Kier molecular flexibility index (Phi) is 5.19. The highest BCUT2D eigenvalue weighted by molar-refractivity contribution is 7.91. The van der Waals surface area contributed by atoms with Crippen LogP contribution in [-0.4, -0.2) is 38.7 Å². The van der Waals surface area contributed by atoms with Gasteiger partial charge in [0, 0.05) is 18.7 Å². The van der Waals surface area contributed by atoms with E-state index >= 15 is 0 Å². The normalized spacial score (nSPS) is 20.0. The third kappa shape index (κ3) is 3.93. The van der Waals surface area contributed by atoms with E-state index in [2.05, 4.69) is 4.98 Å². The van der Waals surface area contributed by atoms with Crippen molar-refractivity contribution in [3.8, 4) is 11.5 Å². The minimum Gasteiger partial charge on any atom is -0.419 e. The minimum absolute atomic E-state index is 0.0426. The lowest BCUT2D eigenvalue weighted by Gasteiger charge is -2.35. The first-order valence-electron chi connectivity index (χ1n) is 9.63. The maximum atomic E-state index is 13.4. The Morgan fingerprint density at radius 1 is 0.966 bits per heavy atom. The second kappa shape index (κ2) is 7.65. The summed E-state index contributed by atoms with van der Waals surface area (Å²) >= 11 is 0. The van der Waals surface area contributed by atoms with Crippen molar-refractivity contribution in [3.63, 3.8) is 0 Å². The average Bonchev–Trinajstić information content (AvgIpc) is 3.15. The molecule has 1 fully saturated rings. The molecule has 1 aliphatic rings. The molecule has 2 aromatic carbocycles. The molecule has 6 nitrogen and oxygen atoms in total. The van der Waals surface area contributed by atoms with Gasteiger partial charge in [-0.3, -0.25) is 0 Å². The average molecular weight is 413 g/mol. The number of oxazole rings is 1. The van der Waals surface area contributed by atoms with Gasteiger partial charge < -0.3 is 14.1 Å². The number of nitrogens with zero attached hydrogens (tertiary/aromatic N) is 2. The van der Waals surface area contributed by atoms with Gasteiger partial charge in [0.2, 0.25) is 26.6 Å². The fourth-order valence-electron chi connectivity index (χ4n) is 3.55. The lowest BCUT2D eigenvalue weighted by molar-refractivity contribution is -0.00657. The highest BCUT2D eigenvalue weighted by Gasteiger charge is 2.34. The predicted molar refractivity (Wildman–Crippen MR) is 111 cm³/mol. The molecular weight excluding hydrogens is 388 g/mol. The summed E-state index contributed by atoms with van der Waals surface area (Å²) in [6.07, 6.45) is -0.0853. The summed E-state index contributed by atoms with van der Waals surface area (Å²) in [5, 5.41) is -0.0542. The quantitative estimate of drug-likeness (QED) is 0.642. The van der Waals surface area contributed by atoms with E-state index in [9.17, 15) is 8.42 Å². The molecule has 0 N–H and O–H groups in total. The lowest BCUT2D eigenvalue weighted by Crippen LogP contribution is -2.45. The van der Waals surface area contributed by atoms with Gasteiger partial charge in [-0.1, -0.05) is 35.9 Å². The third-order valence-corrected chi connectivity index (χ3v) is 6.56. The molecule has 152 valence electrons. The van der Waals surface area contributed by atoms with Gasteiger partial charge in [-0.15, -0.1) is 0 Å². The summed E-state index contributed by atoms with van der Waals surface area (Å²) in [6.45, 7) is 6.91. The molecule has 1 aliphatic heterocycles. The lowest BCUT2D eigenvalue weighted by atomic mass is 10.2. The molecule has 0 bridgehead atoms. The molecule has 0 amide bonds. The Balaban J connectivity index is 1.85. The van der Waals surface area contributed by atoms with Gasteiger partial charge in [0.15, 0.2) is 0 Å². The molecule has 4 rings (SSSR count). The van der Waals surface area contributed by atoms with Crippen LogP contribution in [0.25, 0.3) is 11.5 Å². The fraction of sp³-hybridized carbons (Fsp3) is 0.318. The molecule has 2 atom stereocenters. The second-order valence-corrected chi connectivity index (χ2v) is 9.34. The molecule has 2 unspecified atom stereocenters. The zero-order valence-electron chi connectivity index (χ0n) is 16.7. The van der Waals surface area contributed by atoms with Gasteiger partial charge in [-0.2, -0.15) is 4.98 Å². The molecular formula is C22H24N2O4S. The van der Waals surface area contributed by atoms with Crippen LogP contribution in [0.1, 0.15) is 19.4 Å². The van der Waals surface area contributed by atoms with Crippen molar-refractivity contribution in [1.82, 2.24) is 4.98 Å². The SMILES string of the molecule is Cc1ccc(S(=O)(=O)c2nc(-c3ccccc3)oc2N2CC(C)OC(C)C2)cc1. The summed E-state index contributed by atoms with van der Waals surface area (Å²) in [6, 6.07) is 16.1. The first-order chi connectivity index (χ1) is 13.8. The van der Waals surface area contributed by atoms with Crippen LogP contribution in [0.15, 0.2) is 68.9 Å². The van der Waals surface area contributed by atoms with Crippen molar-refractivity contribution in [3.05, 3.63) is 60.2 Å². The van der Waals surface area contributed by atoms with Crippen molar-refractivity contribution < 1.29 is 17.6 Å². The summed E-state index contributed by atoms with van der Waals surface area (Å²) in [7, 11) is -3.85. The van der Waals surface area contributed by atoms with Gasteiger partial charge in [0.25, 0.3) is 0 Å². The number of sulfone groups is 1. The van der Waals surface area contributed by atoms with Gasteiger partial charge >= 0.3 is 0 Å². The van der Waals surface area contributed by atoms with E-state index in [0.29, 0.717) is 13.1 Å². The van der Waals surface area contributed by atoms with E-state index in [1.54, 1.807) is 24.3 Å². The van der Waals surface area contributed by atoms with E-state index in [4.69, 9.17) is 9.15 Å². The molecule has 29 heavy (non-hydrogen) atoms. The number of benzene rings is 2. The van der Waals surface area contributed by atoms with Gasteiger partial charge in [0.1, 0.15) is 0 Å². The van der Waals surface area contributed by atoms with Crippen LogP contribution in [0.3, 0.4) is 0 Å². The number of aryl methyl sites for hydroxylation is 1. The molecule has 0 spiro atoms. The van der Waals surface area contributed by atoms with E-state index in [-0.39, 0.29) is 33.9 Å². The number of rotatable bonds is 4. The Hall–Kier alpha value is -2.64. The molecule has 0 radical (unpaired) electrons. The highest BCUT2D eigenvalue weighted by Crippen LogP contribution is 2.35. The number of hydrogen-bond donors (Lipinski definition) is 0. The Morgan fingerprint density at radius 2 is 1.59 bits per heavy atom. The number of hydrogen-bond acceptors (Lipinski definition) is 6. The van der Waals surface area contributed by atoms with E-state index < -0.39 is 9.84 Å². The Morgan fingerprint density at radius 3 is 2.21 bits per heavy atom. The van der Waals surface area contributed by atoms with Crippen LogP contribution < -0.4 is 4.90 Å². The van der Waals surface area contributed by atoms with E-state index in [0.717, 1.165) is 11.1 Å². The standard InChI is InChI=1S/C22H24N2O4S/c1-15-9-11-19(12-10-15)29(25,26)21-22(24-13-16(2)27-17(3)14-24)28-20(23-21)18-7-5-4-6-8-18/h4-12,16-17H,13-14H2,1-3H3. The van der Waals surface area contributed by atoms with Crippen LogP contribution in [0.2, 0.25) is 0 Å². The first kappa shape index (κ1) is 19.7. The van der Waals surface area contributed by atoms with Gasteiger partial charge in [-0.05, 0) is 45.0 Å². The maximum Gasteiger partial charge on any atom is 0.236 e. The topological polar surface area (TPSA) is 72.6 Å². The number of aromatic nitrogens is 1. The van der Waals surface area contributed by atoms with Crippen LogP contribution in [0, 0.1) is 6.92 Å². The molecule has 3 aromatic rings. The molecule has 1 aromatic heterocycles. The maximum absolute atomic E-state index is 13.4.